The molecule has 37 heavy (non-hydrogen) atoms. The molecule has 0 bridgehead atoms. The molecule has 3 unspecified atom stereocenters. The lowest BCUT2D eigenvalue weighted by Gasteiger charge is -2.39. The van der Waals surface area contributed by atoms with Crippen LogP contribution >= 0.6 is 0 Å². The molecule has 0 aliphatic rings. The Morgan fingerprint density at radius 3 is 1.30 bits per heavy atom. The van der Waals surface area contributed by atoms with Crippen molar-refractivity contribution in [2.24, 2.45) is 17.8 Å². The van der Waals surface area contributed by atoms with Gasteiger partial charge in [0.2, 0.25) is 0 Å². The van der Waals surface area contributed by atoms with E-state index >= 15 is 0 Å². The van der Waals surface area contributed by atoms with E-state index in [-0.39, 0.29) is 0 Å². The Labute approximate surface area is 225 Å². The van der Waals surface area contributed by atoms with Gasteiger partial charge in [-0.2, -0.15) is 0 Å². The highest BCUT2D eigenvalue weighted by Crippen LogP contribution is 2.20. The lowest BCUT2D eigenvalue weighted by atomic mass is 10.0. The van der Waals surface area contributed by atoms with Crippen molar-refractivity contribution in [2.75, 3.05) is 26.2 Å². The summed E-state index contributed by atoms with van der Waals surface area (Å²) in [6, 6.07) is 0. The Bertz CT molecular complexity index is 603. The van der Waals surface area contributed by atoms with E-state index in [0.29, 0.717) is 49.9 Å². The molecule has 0 saturated heterocycles. The van der Waals surface area contributed by atoms with E-state index < -0.39 is 35.7 Å². The number of unbranched alkanes of at least 4 members (excludes halogenated alkanes) is 10. The predicted molar refractivity (Wildman–Crippen MR) is 150 cm³/mol. The van der Waals surface area contributed by atoms with Crippen LogP contribution in [0.2, 0.25) is 0 Å². The van der Waals surface area contributed by atoms with Gasteiger partial charge < -0.3 is 19.8 Å². The average molecular weight is 527 g/mol. The number of hydrogen-bond acceptors (Lipinski definition) is 3. The Morgan fingerprint density at radius 2 is 0.946 bits per heavy atom. The molecule has 0 radical (unpaired) electrons. The van der Waals surface area contributed by atoms with Crippen LogP contribution in [0.5, 0.6) is 0 Å². The summed E-state index contributed by atoms with van der Waals surface area (Å²) in [6.45, 7) is 9.77. The van der Waals surface area contributed by atoms with E-state index in [9.17, 15) is 29.7 Å². The summed E-state index contributed by atoms with van der Waals surface area (Å²) < 4.78 is 0.529. The largest absolute Gasteiger partial charge is 0.481 e. The molecule has 7 nitrogen and oxygen atoms in total. The van der Waals surface area contributed by atoms with E-state index in [1.807, 2.05) is 0 Å². The van der Waals surface area contributed by atoms with Crippen LogP contribution in [-0.4, -0.2) is 63.9 Å². The minimum Gasteiger partial charge on any atom is -0.481 e. The third-order valence-corrected chi connectivity index (χ3v) is 7.76. The fraction of sp³-hybridized carbons (Fsp3) is 0.833. The summed E-state index contributed by atoms with van der Waals surface area (Å²) in [5.74, 6) is -4.02. The summed E-state index contributed by atoms with van der Waals surface area (Å²) in [7, 11) is 0. The van der Waals surface area contributed by atoms with Crippen molar-refractivity contribution in [3.05, 3.63) is 12.2 Å². The molecule has 0 spiro atoms. The van der Waals surface area contributed by atoms with Crippen LogP contribution < -0.4 is 0 Å². The van der Waals surface area contributed by atoms with Crippen LogP contribution in [-0.2, 0) is 14.4 Å². The van der Waals surface area contributed by atoms with Crippen molar-refractivity contribution in [3.8, 4) is 0 Å². The third-order valence-electron chi connectivity index (χ3n) is 7.76. The van der Waals surface area contributed by atoms with Gasteiger partial charge in [-0.15, -0.1) is 0 Å². The lowest BCUT2D eigenvalue weighted by molar-refractivity contribution is -0.924. The van der Waals surface area contributed by atoms with Crippen molar-refractivity contribution < 1.29 is 34.2 Å². The average Bonchev–Trinajstić information content (AvgIpc) is 2.86. The highest BCUT2D eigenvalue weighted by atomic mass is 16.4. The van der Waals surface area contributed by atoms with Crippen LogP contribution in [0.15, 0.2) is 12.2 Å². The predicted octanol–water partition coefficient (Wildman–Crippen LogP) is 7.00. The zero-order chi connectivity index (χ0) is 28.1. The second-order valence-corrected chi connectivity index (χ2v) is 11.2. The number of carboxylic acids is 3. The quantitative estimate of drug-likeness (QED) is 0.0670. The van der Waals surface area contributed by atoms with E-state index in [1.165, 1.54) is 57.8 Å². The first-order valence-corrected chi connectivity index (χ1v) is 14.7. The zero-order valence-corrected chi connectivity index (χ0v) is 24.1. The van der Waals surface area contributed by atoms with Gasteiger partial charge in [0.05, 0.1) is 43.9 Å². The molecule has 3 atom stereocenters. The maximum absolute atomic E-state index is 11.4. The zero-order valence-electron chi connectivity index (χ0n) is 24.1. The number of allylic oxidation sites excluding steroid dienone is 1. The summed E-state index contributed by atoms with van der Waals surface area (Å²) in [6.07, 6.45) is 19.8. The van der Waals surface area contributed by atoms with Gasteiger partial charge in [0.25, 0.3) is 0 Å². The van der Waals surface area contributed by atoms with E-state index in [2.05, 4.69) is 19.1 Å². The molecule has 7 heteroatoms. The second kappa shape index (κ2) is 21.1. The number of quaternary nitrogens is 1. The normalized spacial score (nSPS) is 15.8. The van der Waals surface area contributed by atoms with Gasteiger partial charge in [0.15, 0.2) is 0 Å². The van der Waals surface area contributed by atoms with Gasteiger partial charge in [0, 0.05) is 19.3 Å². The number of rotatable bonds is 25. The van der Waals surface area contributed by atoms with Gasteiger partial charge >= 0.3 is 17.9 Å². The number of carboxylic acid groups (broad SMARTS) is 3. The molecule has 0 aromatic carbocycles. The summed E-state index contributed by atoms with van der Waals surface area (Å²) >= 11 is 0. The number of carbonyl (C=O) groups is 3. The standard InChI is InChI=1S/C30H55NO6/c1-5-6-7-8-9-10-11-12-13-14-15-16-17-21-31(22-18-25(2)28(32)33,23-19-26(3)29(34)35)24-20-27(4)30(36)37/h16-17,25-27H,5-15,18-24H2,1-4H3,(H2-,32,33,34,35,36,37)/p+1/b17-16+. The first kappa shape index (κ1) is 35.1. The summed E-state index contributed by atoms with van der Waals surface area (Å²) in [5.41, 5.74) is 0. The minimum atomic E-state index is -0.840. The maximum Gasteiger partial charge on any atom is 0.306 e. The highest BCUT2D eigenvalue weighted by Gasteiger charge is 2.31. The first-order valence-electron chi connectivity index (χ1n) is 14.7. The van der Waals surface area contributed by atoms with Crippen molar-refractivity contribution in [1.29, 1.82) is 0 Å². The third kappa shape index (κ3) is 18.1. The SMILES string of the molecule is CCCCCCCCCCCC/C=C/C[N+](CCC(C)C(=O)O)(CCC(C)C(=O)O)CCC(C)C(=O)O. The second-order valence-electron chi connectivity index (χ2n) is 11.2. The summed E-state index contributed by atoms with van der Waals surface area (Å²) in [5, 5.41) is 28.1. The smallest absolute Gasteiger partial charge is 0.306 e. The Kier molecular flexibility index (Phi) is 20.0. The Morgan fingerprint density at radius 1 is 0.595 bits per heavy atom. The molecular formula is C30H56NO6+. The van der Waals surface area contributed by atoms with E-state index in [0.717, 1.165) is 12.8 Å². The molecular weight excluding hydrogens is 470 g/mol. The lowest BCUT2D eigenvalue weighted by Crippen LogP contribution is -2.52. The van der Waals surface area contributed by atoms with Crippen molar-refractivity contribution in [3.63, 3.8) is 0 Å². The first-order chi connectivity index (χ1) is 17.5. The number of nitrogens with zero attached hydrogens (tertiary/aromatic N) is 1. The Hall–Kier alpha value is -1.89. The van der Waals surface area contributed by atoms with Gasteiger partial charge in [-0.05, 0) is 18.9 Å². The molecule has 0 heterocycles. The molecule has 0 aromatic heterocycles. The molecule has 0 rings (SSSR count). The maximum atomic E-state index is 11.4. The van der Waals surface area contributed by atoms with Crippen LogP contribution in [0.3, 0.4) is 0 Å². The fourth-order valence-electron chi connectivity index (χ4n) is 4.55. The van der Waals surface area contributed by atoms with Crippen LogP contribution in [0, 0.1) is 17.8 Å². The molecule has 0 fully saturated rings. The van der Waals surface area contributed by atoms with E-state index in [1.54, 1.807) is 20.8 Å². The van der Waals surface area contributed by atoms with Gasteiger partial charge in [-0.25, -0.2) is 0 Å². The number of aliphatic carboxylic acids is 3. The van der Waals surface area contributed by atoms with Crippen molar-refractivity contribution >= 4 is 17.9 Å². The van der Waals surface area contributed by atoms with Crippen LogP contribution in [0.1, 0.15) is 118 Å². The number of hydrogen-bond donors (Lipinski definition) is 3. The molecule has 0 aliphatic heterocycles. The molecule has 0 amide bonds. The molecule has 3 N–H and O–H groups in total. The molecule has 0 aliphatic carbocycles. The van der Waals surface area contributed by atoms with Gasteiger partial charge in [-0.3, -0.25) is 14.4 Å². The Balaban J connectivity index is 4.96. The molecule has 216 valence electrons. The molecule has 0 saturated carbocycles. The van der Waals surface area contributed by atoms with Crippen LogP contribution in [0.4, 0.5) is 0 Å². The topological polar surface area (TPSA) is 112 Å². The van der Waals surface area contributed by atoms with Crippen molar-refractivity contribution in [1.82, 2.24) is 0 Å². The van der Waals surface area contributed by atoms with Gasteiger partial charge in [0.1, 0.15) is 0 Å². The minimum absolute atomic E-state index is 0.477. The molecule has 0 aromatic rings. The monoisotopic (exact) mass is 526 g/mol. The van der Waals surface area contributed by atoms with Crippen LogP contribution in [0.25, 0.3) is 0 Å². The van der Waals surface area contributed by atoms with Gasteiger partial charge in [-0.1, -0.05) is 91.6 Å². The highest BCUT2D eigenvalue weighted by molar-refractivity contribution is 5.70. The summed E-state index contributed by atoms with van der Waals surface area (Å²) in [4.78, 5) is 34.3. The van der Waals surface area contributed by atoms with Crippen molar-refractivity contribution in [2.45, 2.75) is 118 Å². The van der Waals surface area contributed by atoms with E-state index in [4.69, 9.17) is 0 Å². The fourth-order valence-corrected chi connectivity index (χ4v) is 4.55.